The van der Waals surface area contributed by atoms with Crippen molar-refractivity contribution in [3.63, 3.8) is 0 Å². The Morgan fingerprint density at radius 3 is 2.63 bits per heavy atom. The first-order chi connectivity index (χ1) is 16.8. The molecular weight excluding hydrogens is 468 g/mol. The highest BCUT2D eigenvalue weighted by atomic mass is 32.2. The van der Waals surface area contributed by atoms with Crippen LogP contribution >= 0.6 is 11.8 Å². The number of piperidine rings is 1. The molecule has 35 heavy (non-hydrogen) atoms. The zero-order chi connectivity index (χ0) is 25.1. The fourth-order valence-electron chi connectivity index (χ4n) is 4.65. The lowest BCUT2D eigenvalue weighted by molar-refractivity contribution is -0.139. The van der Waals surface area contributed by atoms with Crippen molar-refractivity contribution < 1.29 is 23.9 Å². The van der Waals surface area contributed by atoms with E-state index in [2.05, 4.69) is 4.99 Å². The van der Waals surface area contributed by atoms with Gasteiger partial charge in [-0.1, -0.05) is 23.9 Å². The van der Waals surface area contributed by atoms with Crippen molar-refractivity contribution in [2.24, 2.45) is 16.6 Å². The van der Waals surface area contributed by atoms with E-state index in [9.17, 15) is 14.4 Å². The lowest BCUT2D eigenvalue weighted by atomic mass is 9.93. The molecule has 9 nitrogen and oxygen atoms in total. The second-order valence-corrected chi connectivity index (χ2v) is 9.46. The van der Waals surface area contributed by atoms with E-state index < -0.39 is 12.0 Å². The Kier molecular flexibility index (Phi) is 7.49. The van der Waals surface area contributed by atoms with Crippen LogP contribution in [0.15, 0.2) is 51.6 Å². The summed E-state index contributed by atoms with van der Waals surface area (Å²) in [5.74, 6) is -0.293. The summed E-state index contributed by atoms with van der Waals surface area (Å²) in [5, 5.41) is 2.63. The summed E-state index contributed by atoms with van der Waals surface area (Å²) in [5.41, 5.74) is 8.05. The lowest BCUT2D eigenvalue weighted by Gasteiger charge is -2.37. The van der Waals surface area contributed by atoms with Gasteiger partial charge in [0.25, 0.3) is 0 Å². The highest BCUT2D eigenvalue weighted by Gasteiger charge is 2.41. The molecule has 0 radical (unpaired) electrons. The molecule has 0 unspecified atom stereocenters. The van der Waals surface area contributed by atoms with Crippen molar-refractivity contribution in [2.45, 2.75) is 39.2 Å². The van der Waals surface area contributed by atoms with Gasteiger partial charge < -0.3 is 25.0 Å². The molecule has 1 aromatic carbocycles. The number of nitrogens with zero attached hydrogens (tertiary/aromatic N) is 3. The van der Waals surface area contributed by atoms with Crippen molar-refractivity contribution in [1.82, 2.24) is 9.80 Å². The van der Waals surface area contributed by atoms with Crippen LogP contribution in [-0.2, 0) is 19.1 Å². The number of hydrogen-bond donors (Lipinski definition) is 1. The first-order valence-electron chi connectivity index (χ1n) is 11.7. The molecule has 3 heterocycles. The number of benzene rings is 1. The second kappa shape index (κ2) is 10.6. The SMILES string of the molecule is CCOC(=O)C1=C(C)N=C2SC=C(CC(=O)N3CCC(C(N)=O)CC3)N2[C@H]1c1cccc(OC)c1. The van der Waals surface area contributed by atoms with E-state index >= 15 is 0 Å². The average Bonchev–Trinajstić information content (AvgIpc) is 3.25. The smallest absolute Gasteiger partial charge is 0.338 e. The van der Waals surface area contributed by atoms with Gasteiger partial charge in [-0.25, -0.2) is 9.79 Å². The molecule has 0 aliphatic carbocycles. The molecule has 1 aromatic rings. The standard InChI is InChI=1S/C25H30N4O5S/c1-4-34-24(32)21-15(2)27-25-29(22(21)17-6-5-7-19(12-17)33-3)18(14-35-25)13-20(30)28-10-8-16(9-11-28)23(26)31/h5-7,12,14,16,22H,4,8-11,13H2,1-3H3,(H2,26,31)/t22-/m0/s1. The number of amides is 2. The van der Waals surface area contributed by atoms with Crippen LogP contribution in [0.3, 0.4) is 0 Å². The molecule has 3 aliphatic rings. The number of rotatable bonds is 7. The predicted octanol–water partition coefficient (Wildman–Crippen LogP) is 2.95. The third kappa shape index (κ3) is 5.07. The van der Waals surface area contributed by atoms with Gasteiger partial charge in [0, 0.05) is 24.7 Å². The van der Waals surface area contributed by atoms with E-state index in [1.807, 2.05) is 34.6 Å². The maximum atomic E-state index is 13.2. The van der Waals surface area contributed by atoms with Crippen LogP contribution in [0.5, 0.6) is 5.75 Å². The number of thioether (sulfide) groups is 1. The molecule has 186 valence electrons. The quantitative estimate of drug-likeness (QED) is 0.575. The monoisotopic (exact) mass is 498 g/mol. The van der Waals surface area contributed by atoms with Crippen LogP contribution in [0.1, 0.15) is 44.7 Å². The van der Waals surface area contributed by atoms with Gasteiger partial charge in [0.2, 0.25) is 11.8 Å². The van der Waals surface area contributed by atoms with Crippen LogP contribution in [0.2, 0.25) is 0 Å². The van der Waals surface area contributed by atoms with E-state index in [0.717, 1.165) is 11.3 Å². The molecule has 1 atom stereocenters. The number of carbonyl (C=O) groups is 3. The van der Waals surface area contributed by atoms with Gasteiger partial charge in [0.1, 0.15) is 5.75 Å². The molecule has 0 saturated carbocycles. The summed E-state index contributed by atoms with van der Waals surface area (Å²) in [6.07, 6.45) is 1.31. The van der Waals surface area contributed by atoms with Crippen molar-refractivity contribution >= 4 is 34.7 Å². The number of esters is 1. The van der Waals surface area contributed by atoms with Crippen molar-refractivity contribution in [2.75, 3.05) is 26.8 Å². The van der Waals surface area contributed by atoms with Crippen molar-refractivity contribution in [3.8, 4) is 5.75 Å². The highest BCUT2D eigenvalue weighted by molar-refractivity contribution is 8.16. The first kappa shape index (κ1) is 24.8. The normalized spacial score (nSPS) is 20.3. The van der Waals surface area contributed by atoms with Crippen LogP contribution in [0.25, 0.3) is 0 Å². The number of nitrogens with two attached hydrogens (primary N) is 1. The van der Waals surface area contributed by atoms with Gasteiger partial charge in [-0.05, 0) is 49.8 Å². The van der Waals surface area contributed by atoms with Crippen LogP contribution < -0.4 is 10.5 Å². The fourth-order valence-corrected chi connectivity index (χ4v) is 5.61. The molecule has 2 amide bonds. The Bertz CT molecular complexity index is 1120. The van der Waals surface area contributed by atoms with Crippen molar-refractivity contribution in [1.29, 1.82) is 0 Å². The van der Waals surface area contributed by atoms with E-state index in [1.54, 1.807) is 25.9 Å². The zero-order valence-corrected chi connectivity index (χ0v) is 21.0. The topological polar surface area (TPSA) is 115 Å². The number of allylic oxidation sites excluding steroid dienone is 1. The van der Waals surface area contributed by atoms with Crippen LogP contribution in [0, 0.1) is 5.92 Å². The summed E-state index contributed by atoms with van der Waals surface area (Å²) in [7, 11) is 1.59. The summed E-state index contributed by atoms with van der Waals surface area (Å²) in [6.45, 7) is 4.81. The highest BCUT2D eigenvalue weighted by Crippen LogP contribution is 2.45. The van der Waals surface area contributed by atoms with Crippen molar-refractivity contribution in [3.05, 3.63) is 52.2 Å². The molecule has 1 saturated heterocycles. The van der Waals surface area contributed by atoms with Gasteiger partial charge in [-0.15, -0.1) is 0 Å². The molecular formula is C25H30N4O5S. The third-order valence-corrected chi connectivity index (χ3v) is 7.38. The maximum Gasteiger partial charge on any atom is 0.338 e. The Morgan fingerprint density at radius 2 is 1.97 bits per heavy atom. The Hall–Kier alpha value is -3.27. The maximum absolute atomic E-state index is 13.2. The van der Waals surface area contributed by atoms with E-state index in [0.29, 0.717) is 48.1 Å². The van der Waals surface area contributed by atoms with Gasteiger partial charge in [0.15, 0.2) is 5.17 Å². The Balaban J connectivity index is 1.63. The van der Waals surface area contributed by atoms with Gasteiger partial charge >= 0.3 is 5.97 Å². The number of amidine groups is 1. The number of aliphatic imine (C=N–C) groups is 1. The summed E-state index contributed by atoms with van der Waals surface area (Å²) in [6, 6.07) is 7.03. The van der Waals surface area contributed by atoms with Gasteiger partial charge in [-0.2, -0.15) is 0 Å². The molecule has 4 rings (SSSR count). The van der Waals surface area contributed by atoms with Crippen LogP contribution in [-0.4, -0.2) is 59.6 Å². The molecule has 0 aromatic heterocycles. The number of likely N-dealkylation sites (tertiary alicyclic amines) is 1. The van der Waals surface area contributed by atoms with E-state index in [1.165, 1.54) is 11.8 Å². The largest absolute Gasteiger partial charge is 0.497 e. The first-order valence-corrected chi connectivity index (χ1v) is 12.5. The average molecular weight is 499 g/mol. The van der Waals surface area contributed by atoms with Gasteiger partial charge in [0.05, 0.1) is 37.4 Å². The van der Waals surface area contributed by atoms with E-state index in [-0.39, 0.29) is 30.8 Å². The summed E-state index contributed by atoms with van der Waals surface area (Å²) in [4.78, 5) is 46.1. The summed E-state index contributed by atoms with van der Waals surface area (Å²) >= 11 is 1.43. The minimum Gasteiger partial charge on any atom is -0.497 e. The molecule has 2 N–H and O–H groups in total. The number of ether oxygens (including phenoxy) is 2. The minimum atomic E-state index is -0.508. The summed E-state index contributed by atoms with van der Waals surface area (Å²) < 4.78 is 10.8. The molecule has 0 spiro atoms. The number of methoxy groups -OCH3 is 1. The molecule has 0 bridgehead atoms. The number of carbonyl (C=O) groups excluding carboxylic acids is 3. The molecule has 10 heteroatoms. The fraction of sp³-hybridized carbons (Fsp3) is 0.440. The lowest BCUT2D eigenvalue weighted by Crippen LogP contribution is -2.43. The Morgan fingerprint density at radius 1 is 1.23 bits per heavy atom. The predicted molar refractivity (Wildman–Crippen MR) is 133 cm³/mol. The number of hydrogen-bond acceptors (Lipinski definition) is 8. The Labute approximate surface area is 209 Å². The van der Waals surface area contributed by atoms with E-state index in [4.69, 9.17) is 15.2 Å². The molecule has 1 fully saturated rings. The minimum absolute atomic E-state index is 0.0330. The van der Waals surface area contributed by atoms with Gasteiger partial charge in [-0.3, -0.25) is 9.59 Å². The molecule has 3 aliphatic heterocycles. The van der Waals surface area contributed by atoms with Crippen LogP contribution in [0.4, 0.5) is 0 Å². The zero-order valence-electron chi connectivity index (χ0n) is 20.2. The second-order valence-electron chi connectivity index (χ2n) is 8.62. The third-order valence-electron chi connectivity index (χ3n) is 6.49. The number of fused-ring (bicyclic) bond motifs is 1. The number of primary amides is 1.